The molecule has 5 rings (SSSR count). The third-order valence-corrected chi connectivity index (χ3v) is 12.6. The Morgan fingerprint density at radius 1 is 0.317 bits per heavy atom. The van der Waals surface area contributed by atoms with Gasteiger partial charge in [-0.3, -0.25) is 0 Å². The minimum absolute atomic E-state index is 0.144. The quantitative estimate of drug-likeness (QED) is 0.440. The summed E-state index contributed by atoms with van der Waals surface area (Å²) in [5, 5.41) is 1.91. The summed E-state index contributed by atoms with van der Waals surface area (Å²) in [6.07, 6.45) is 0. The molecule has 0 aromatic heterocycles. The smallest absolute Gasteiger partial charge is 0.400 e. The molecule has 0 spiro atoms. The topological polar surface area (TPSA) is 73.8 Å². The normalized spacial score (nSPS) is 32.2. The van der Waals surface area contributed by atoms with Crippen LogP contribution in [0.1, 0.15) is 111 Å². The highest BCUT2D eigenvalue weighted by Gasteiger charge is 2.64. The largest absolute Gasteiger partial charge is 0.493 e. The van der Waals surface area contributed by atoms with Gasteiger partial charge in [0.15, 0.2) is 0 Å². The van der Waals surface area contributed by atoms with Crippen molar-refractivity contribution in [3.63, 3.8) is 0 Å². The Labute approximate surface area is 251 Å². The van der Waals surface area contributed by atoms with E-state index in [1.807, 2.05) is 0 Å². The minimum atomic E-state index is -0.685. The lowest BCUT2D eigenvalue weighted by molar-refractivity contribution is 0.00578. The molecule has 0 aromatic rings. The van der Waals surface area contributed by atoms with Gasteiger partial charge in [0.25, 0.3) is 0 Å². The summed E-state index contributed by atoms with van der Waals surface area (Å²) in [4.78, 5) is 0. The summed E-state index contributed by atoms with van der Waals surface area (Å²) in [6.45, 7) is 33.0. The fraction of sp³-hybridized carbons (Fsp3) is 0.857. The molecule has 4 saturated heterocycles. The van der Waals surface area contributed by atoms with Crippen LogP contribution < -0.4 is 0 Å². The van der Waals surface area contributed by atoms with E-state index < -0.39 is 73.3 Å². The lowest BCUT2D eigenvalue weighted by Crippen LogP contribution is -2.41. The van der Waals surface area contributed by atoms with Crippen LogP contribution in [0, 0.1) is 0 Å². The van der Waals surface area contributed by atoms with Crippen molar-refractivity contribution in [2.24, 2.45) is 0 Å². The van der Waals surface area contributed by atoms with Crippen molar-refractivity contribution in [2.45, 2.75) is 156 Å². The molecule has 5 aliphatic rings. The van der Waals surface area contributed by atoms with Gasteiger partial charge in [-0.2, -0.15) is 0 Å². The Kier molecular flexibility index (Phi) is 7.11. The van der Waals surface area contributed by atoms with Gasteiger partial charge in [0.2, 0.25) is 0 Å². The predicted molar refractivity (Wildman–Crippen MR) is 164 cm³/mol. The Morgan fingerprint density at radius 2 is 0.488 bits per heavy atom. The van der Waals surface area contributed by atoms with E-state index in [-0.39, 0.29) is 9.52 Å². The van der Waals surface area contributed by atoms with E-state index in [2.05, 4.69) is 111 Å². The van der Waals surface area contributed by atoms with Crippen LogP contribution in [0.25, 0.3) is 0 Å². The van der Waals surface area contributed by atoms with Crippen LogP contribution in [0.4, 0.5) is 0 Å². The van der Waals surface area contributed by atoms with Gasteiger partial charge in [0.1, 0.15) is 9.52 Å². The van der Waals surface area contributed by atoms with Gasteiger partial charge >= 0.3 is 28.5 Å². The summed E-state index contributed by atoms with van der Waals surface area (Å²) in [6, 6.07) is 0. The second kappa shape index (κ2) is 9.10. The van der Waals surface area contributed by atoms with Crippen LogP contribution in [0.5, 0.6) is 0 Å². The molecule has 41 heavy (non-hydrogen) atoms. The van der Waals surface area contributed by atoms with Crippen LogP contribution in [-0.2, 0) is 37.2 Å². The van der Waals surface area contributed by atoms with Crippen LogP contribution in [0.2, 0.25) is 0 Å². The van der Waals surface area contributed by atoms with Crippen molar-refractivity contribution in [3.8, 4) is 0 Å². The second-order valence-electron chi connectivity index (χ2n) is 16.1. The first-order chi connectivity index (χ1) is 18.2. The molecular weight excluding hydrogens is 536 g/mol. The maximum absolute atomic E-state index is 6.71. The van der Waals surface area contributed by atoms with Crippen molar-refractivity contribution in [3.05, 3.63) is 21.1 Å². The molecule has 0 unspecified atom stereocenters. The molecule has 2 radical (unpaired) electrons. The zero-order chi connectivity index (χ0) is 31.0. The zero-order valence-corrected chi connectivity index (χ0v) is 29.1. The van der Waals surface area contributed by atoms with E-state index in [4.69, 9.17) is 37.2 Å². The first-order valence-corrected chi connectivity index (χ1v) is 15.9. The Balaban J connectivity index is 1.69. The molecule has 8 nitrogen and oxygen atoms in total. The molecule has 0 bridgehead atoms. The Morgan fingerprint density at radius 3 is 0.683 bits per heavy atom. The lowest BCUT2D eigenvalue weighted by Gasteiger charge is -2.32. The predicted octanol–water partition coefficient (Wildman–Crippen LogP) is 4.74. The van der Waals surface area contributed by atoms with Crippen LogP contribution in [0.15, 0.2) is 21.1 Å². The summed E-state index contributed by atoms with van der Waals surface area (Å²) < 4.78 is 53.5. The van der Waals surface area contributed by atoms with Gasteiger partial charge in [0, 0.05) is 0 Å². The Bertz CT molecular complexity index is 1040. The summed E-state index contributed by atoms with van der Waals surface area (Å²) >= 11 is 0. The molecule has 224 valence electrons. The van der Waals surface area contributed by atoms with Crippen molar-refractivity contribution in [1.82, 2.24) is 0 Å². The van der Waals surface area contributed by atoms with E-state index in [1.165, 1.54) is 0 Å². The molecule has 0 N–H and O–H groups in total. The summed E-state index contributed by atoms with van der Waals surface area (Å²) in [5.74, 6) is 0. The monoisotopic (exact) mass is 584 g/mol. The first-order valence-electron chi connectivity index (χ1n) is 14.9. The molecule has 0 aromatic carbocycles. The maximum Gasteiger partial charge on any atom is 0.493 e. The minimum Gasteiger partial charge on any atom is -0.400 e. The molecule has 0 saturated carbocycles. The highest BCUT2D eigenvalue weighted by molar-refractivity contribution is 6.93. The highest BCUT2D eigenvalue weighted by atomic mass is 28.2. The van der Waals surface area contributed by atoms with Gasteiger partial charge in [-0.15, -0.1) is 0 Å². The average molecular weight is 584 g/mol. The first kappa shape index (κ1) is 32.0. The molecular formula is C28H48B4O8Si. The fourth-order valence-corrected chi connectivity index (χ4v) is 6.83. The van der Waals surface area contributed by atoms with Gasteiger partial charge < -0.3 is 37.2 Å². The van der Waals surface area contributed by atoms with E-state index in [9.17, 15) is 0 Å². The van der Waals surface area contributed by atoms with E-state index >= 15 is 0 Å². The molecule has 0 amide bonds. The highest BCUT2D eigenvalue weighted by Crippen LogP contribution is 2.50. The molecule has 0 aliphatic carbocycles. The standard InChI is InChI=1S/C28H48B4O8Si/c1-21(2)22(3,4)34-29(33-21)17-18(30-35-23(5,6)24(7,8)36-30)20(32-39-27(13,14)28(15,16)40-32)41-19(17)31-37-25(9,10)26(11,12)38-31/h1-16H3. The molecule has 5 heterocycles. The Hall–Kier alpha value is -0.363. The van der Waals surface area contributed by atoms with E-state index in [0.717, 1.165) is 21.1 Å². The van der Waals surface area contributed by atoms with Gasteiger partial charge in [0.05, 0.1) is 44.8 Å². The van der Waals surface area contributed by atoms with Gasteiger partial charge in [-0.25, -0.2) is 0 Å². The van der Waals surface area contributed by atoms with Gasteiger partial charge in [-0.05, 0) is 122 Å². The van der Waals surface area contributed by atoms with Crippen LogP contribution in [-0.4, -0.2) is 82.8 Å². The second-order valence-corrected chi connectivity index (χ2v) is 17.5. The van der Waals surface area contributed by atoms with Crippen molar-refractivity contribution < 1.29 is 37.2 Å². The van der Waals surface area contributed by atoms with Crippen LogP contribution in [0.3, 0.4) is 0 Å². The zero-order valence-electron chi connectivity index (χ0n) is 28.1. The van der Waals surface area contributed by atoms with E-state index in [0.29, 0.717) is 0 Å². The third kappa shape index (κ3) is 4.85. The molecule has 0 atom stereocenters. The van der Waals surface area contributed by atoms with Gasteiger partial charge in [-0.1, -0.05) is 10.2 Å². The maximum atomic E-state index is 6.71. The molecule has 4 fully saturated rings. The van der Waals surface area contributed by atoms with Crippen LogP contribution >= 0.6 is 0 Å². The van der Waals surface area contributed by atoms with E-state index in [1.54, 1.807) is 0 Å². The van der Waals surface area contributed by atoms with Crippen molar-refractivity contribution >= 4 is 38.0 Å². The van der Waals surface area contributed by atoms with Crippen molar-refractivity contribution in [1.29, 1.82) is 0 Å². The summed E-state index contributed by atoms with van der Waals surface area (Å²) in [5.41, 5.74) is -2.59. The number of hydrogen-bond donors (Lipinski definition) is 0. The third-order valence-electron chi connectivity index (χ3n) is 11.1. The SMILES string of the molecule is CC1(C)OB(C2=C(B3OC(C)(C)C(C)(C)O3)C(B3OC(C)(C)C(C)(C)O3)=C(B3OC(C)(C)C(C)(C)O3)[Si]2)OC1(C)C. The number of rotatable bonds is 4. The molecule has 5 aliphatic heterocycles. The average Bonchev–Trinajstić information content (AvgIpc) is 3.43. The summed E-state index contributed by atoms with van der Waals surface area (Å²) in [7, 11) is -2.44. The lowest BCUT2D eigenvalue weighted by atomic mass is 9.56. The van der Waals surface area contributed by atoms with Crippen molar-refractivity contribution in [2.75, 3.05) is 0 Å². The number of allylic oxidation sites excluding steroid dienone is 2. The molecule has 13 heteroatoms. The number of hydrogen-bond acceptors (Lipinski definition) is 8. The fourth-order valence-electron chi connectivity index (χ4n) is 5.29.